The maximum atomic E-state index is 10.3. The summed E-state index contributed by atoms with van der Waals surface area (Å²) in [5.74, 6) is 2.37. The maximum Gasteiger partial charge on any atom is 0.0571 e. The van der Waals surface area contributed by atoms with E-state index in [1.165, 1.54) is 57.8 Å². The highest BCUT2D eigenvalue weighted by Crippen LogP contribution is 2.38. The van der Waals surface area contributed by atoms with Crippen molar-refractivity contribution < 1.29 is 5.11 Å². The Kier molecular flexibility index (Phi) is 4.69. The minimum absolute atomic E-state index is 0.0136. The molecule has 1 heteroatoms. The standard InChI is InChI=1S/C15H28O/c1-2-12-7-3-6-10-14(12)11-15(16)13-8-4-5-9-13/h12-16H,2-11H2,1H3. The molecule has 0 bridgehead atoms. The van der Waals surface area contributed by atoms with E-state index in [0.29, 0.717) is 5.92 Å². The van der Waals surface area contributed by atoms with Crippen LogP contribution in [-0.4, -0.2) is 11.2 Å². The van der Waals surface area contributed by atoms with Crippen molar-refractivity contribution in [2.45, 2.75) is 77.2 Å². The Morgan fingerprint density at radius 3 is 2.12 bits per heavy atom. The fraction of sp³-hybridized carbons (Fsp3) is 1.00. The molecule has 2 fully saturated rings. The van der Waals surface area contributed by atoms with E-state index in [2.05, 4.69) is 6.92 Å². The molecule has 0 saturated heterocycles. The van der Waals surface area contributed by atoms with Gasteiger partial charge in [-0.3, -0.25) is 0 Å². The van der Waals surface area contributed by atoms with Crippen LogP contribution < -0.4 is 0 Å². The smallest absolute Gasteiger partial charge is 0.0571 e. The Morgan fingerprint density at radius 1 is 0.938 bits per heavy atom. The molecule has 0 aliphatic heterocycles. The van der Waals surface area contributed by atoms with Gasteiger partial charge in [0.1, 0.15) is 0 Å². The minimum Gasteiger partial charge on any atom is -0.393 e. The summed E-state index contributed by atoms with van der Waals surface area (Å²) in [6, 6.07) is 0. The third kappa shape index (κ3) is 3.00. The monoisotopic (exact) mass is 224 g/mol. The first-order chi connectivity index (χ1) is 7.81. The summed E-state index contributed by atoms with van der Waals surface area (Å²) in [5.41, 5.74) is 0. The first kappa shape index (κ1) is 12.4. The van der Waals surface area contributed by atoms with Gasteiger partial charge in [-0.2, -0.15) is 0 Å². The van der Waals surface area contributed by atoms with Crippen LogP contribution in [0.2, 0.25) is 0 Å². The lowest BCUT2D eigenvalue weighted by atomic mass is 9.74. The second kappa shape index (κ2) is 6.05. The van der Waals surface area contributed by atoms with Gasteiger partial charge in [-0.1, -0.05) is 51.9 Å². The number of aliphatic hydroxyl groups excluding tert-OH is 1. The first-order valence-electron chi connectivity index (χ1n) is 7.49. The molecule has 0 radical (unpaired) electrons. The molecule has 3 unspecified atom stereocenters. The highest BCUT2D eigenvalue weighted by atomic mass is 16.3. The molecular weight excluding hydrogens is 196 g/mol. The molecule has 2 rings (SSSR count). The Hall–Kier alpha value is -0.0400. The summed E-state index contributed by atoms with van der Waals surface area (Å²) >= 11 is 0. The van der Waals surface area contributed by atoms with E-state index in [1.807, 2.05) is 0 Å². The number of hydrogen-bond donors (Lipinski definition) is 1. The predicted molar refractivity (Wildman–Crippen MR) is 68.3 cm³/mol. The van der Waals surface area contributed by atoms with Gasteiger partial charge in [0, 0.05) is 0 Å². The van der Waals surface area contributed by atoms with Gasteiger partial charge in [-0.15, -0.1) is 0 Å². The van der Waals surface area contributed by atoms with Crippen LogP contribution in [0.3, 0.4) is 0 Å². The van der Waals surface area contributed by atoms with Crippen molar-refractivity contribution in [3.8, 4) is 0 Å². The van der Waals surface area contributed by atoms with E-state index >= 15 is 0 Å². The largest absolute Gasteiger partial charge is 0.393 e. The molecule has 0 aromatic carbocycles. The molecule has 0 amide bonds. The highest BCUT2D eigenvalue weighted by Gasteiger charge is 2.30. The van der Waals surface area contributed by atoms with Crippen LogP contribution in [0, 0.1) is 17.8 Å². The van der Waals surface area contributed by atoms with Crippen LogP contribution in [0.5, 0.6) is 0 Å². The van der Waals surface area contributed by atoms with Gasteiger partial charge in [0.25, 0.3) is 0 Å². The normalized spacial score (nSPS) is 34.1. The molecule has 0 aromatic rings. The van der Waals surface area contributed by atoms with Crippen LogP contribution in [-0.2, 0) is 0 Å². The minimum atomic E-state index is 0.0136. The Balaban J connectivity index is 1.81. The number of rotatable bonds is 4. The van der Waals surface area contributed by atoms with Crippen LogP contribution >= 0.6 is 0 Å². The van der Waals surface area contributed by atoms with Crippen molar-refractivity contribution in [3.63, 3.8) is 0 Å². The van der Waals surface area contributed by atoms with Gasteiger partial charge >= 0.3 is 0 Å². The van der Waals surface area contributed by atoms with Gasteiger partial charge < -0.3 is 5.11 Å². The zero-order chi connectivity index (χ0) is 11.4. The van der Waals surface area contributed by atoms with Crippen LogP contribution in [0.25, 0.3) is 0 Å². The number of hydrogen-bond acceptors (Lipinski definition) is 1. The highest BCUT2D eigenvalue weighted by molar-refractivity contribution is 4.81. The second-order valence-electron chi connectivity index (χ2n) is 6.06. The van der Waals surface area contributed by atoms with Gasteiger partial charge in [-0.05, 0) is 37.0 Å². The molecule has 2 aliphatic rings. The lowest BCUT2D eigenvalue weighted by molar-refractivity contribution is 0.0600. The quantitative estimate of drug-likeness (QED) is 0.760. The van der Waals surface area contributed by atoms with Crippen molar-refractivity contribution in [2.24, 2.45) is 17.8 Å². The van der Waals surface area contributed by atoms with Gasteiger partial charge in [-0.25, -0.2) is 0 Å². The second-order valence-corrected chi connectivity index (χ2v) is 6.06. The zero-order valence-corrected chi connectivity index (χ0v) is 10.8. The molecule has 0 heterocycles. The van der Waals surface area contributed by atoms with Crippen LogP contribution in [0.4, 0.5) is 0 Å². The van der Waals surface area contributed by atoms with Crippen LogP contribution in [0.1, 0.15) is 71.1 Å². The molecule has 2 aliphatic carbocycles. The summed E-state index contributed by atoms with van der Waals surface area (Å²) in [5, 5.41) is 10.3. The maximum absolute atomic E-state index is 10.3. The molecule has 94 valence electrons. The SMILES string of the molecule is CCC1CCCCC1CC(O)C1CCCC1. The van der Waals surface area contributed by atoms with E-state index < -0.39 is 0 Å². The molecule has 1 nitrogen and oxygen atoms in total. The summed E-state index contributed by atoms with van der Waals surface area (Å²) in [6.45, 7) is 2.32. The van der Waals surface area contributed by atoms with Crippen molar-refractivity contribution in [3.05, 3.63) is 0 Å². The summed E-state index contributed by atoms with van der Waals surface area (Å²) in [4.78, 5) is 0. The van der Waals surface area contributed by atoms with Crippen molar-refractivity contribution in [1.29, 1.82) is 0 Å². The van der Waals surface area contributed by atoms with E-state index in [-0.39, 0.29) is 6.10 Å². The third-order valence-corrected chi connectivity index (χ3v) is 5.08. The average molecular weight is 224 g/mol. The van der Waals surface area contributed by atoms with Gasteiger partial charge in [0.15, 0.2) is 0 Å². The first-order valence-corrected chi connectivity index (χ1v) is 7.49. The van der Waals surface area contributed by atoms with Crippen molar-refractivity contribution >= 4 is 0 Å². The van der Waals surface area contributed by atoms with Gasteiger partial charge in [0.05, 0.1) is 6.10 Å². The average Bonchev–Trinajstić information content (AvgIpc) is 2.83. The fourth-order valence-electron chi connectivity index (χ4n) is 3.98. The van der Waals surface area contributed by atoms with Crippen molar-refractivity contribution in [1.82, 2.24) is 0 Å². The Bertz CT molecular complexity index is 196. The summed E-state index contributed by atoms with van der Waals surface area (Å²) in [7, 11) is 0. The summed E-state index contributed by atoms with van der Waals surface area (Å²) in [6.07, 6.45) is 13.3. The van der Waals surface area contributed by atoms with E-state index in [0.717, 1.165) is 18.3 Å². The third-order valence-electron chi connectivity index (χ3n) is 5.08. The Labute approximate surface area is 101 Å². The molecule has 16 heavy (non-hydrogen) atoms. The van der Waals surface area contributed by atoms with Gasteiger partial charge in [0.2, 0.25) is 0 Å². The predicted octanol–water partition coefficient (Wildman–Crippen LogP) is 4.14. The molecule has 1 N–H and O–H groups in total. The number of aliphatic hydroxyl groups is 1. The van der Waals surface area contributed by atoms with E-state index in [1.54, 1.807) is 0 Å². The Morgan fingerprint density at radius 2 is 1.50 bits per heavy atom. The topological polar surface area (TPSA) is 20.2 Å². The molecule has 3 atom stereocenters. The molecular formula is C15H28O. The fourth-order valence-corrected chi connectivity index (χ4v) is 3.98. The van der Waals surface area contributed by atoms with Crippen LogP contribution in [0.15, 0.2) is 0 Å². The molecule has 0 aromatic heterocycles. The van der Waals surface area contributed by atoms with Crippen molar-refractivity contribution in [2.75, 3.05) is 0 Å². The van der Waals surface area contributed by atoms with E-state index in [4.69, 9.17) is 0 Å². The molecule has 2 saturated carbocycles. The van der Waals surface area contributed by atoms with E-state index in [9.17, 15) is 5.11 Å². The lowest BCUT2D eigenvalue weighted by Crippen LogP contribution is -2.27. The molecule has 0 spiro atoms. The lowest BCUT2D eigenvalue weighted by Gasteiger charge is -2.33. The zero-order valence-electron chi connectivity index (χ0n) is 10.8. The summed E-state index contributed by atoms with van der Waals surface area (Å²) < 4.78 is 0.